The molecule has 0 saturated carbocycles. The minimum absolute atomic E-state index is 0.550. The lowest BCUT2D eigenvalue weighted by molar-refractivity contribution is 0.196. The molecule has 1 saturated heterocycles. The van der Waals surface area contributed by atoms with Gasteiger partial charge in [-0.1, -0.05) is 11.6 Å². The van der Waals surface area contributed by atoms with Crippen LogP contribution < -0.4 is 10.1 Å². The summed E-state index contributed by atoms with van der Waals surface area (Å²) in [5.74, 6) is 0.952. The normalized spacial score (nSPS) is 20.9. The highest BCUT2D eigenvalue weighted by Gasteiger charge is 2.17. The average Bonchev–Trinajstić information content (AvgIpc) is 2.33. The molecule has 100 valence electrons. The van der Waals surface area contributed by atoms with E-state index < -0.39 is 0 Å². The highest BCUT2D eigenvalue weighted by atomic mass is 35.5. The fraction of sp³-hybridized carbons (Fsp3) is 0.571. The first-order valence-electron chi connectivity index (χ1n) is 6.56. The zero-order chi connectivity index (χ0) is 13.0. The minimum Gasteiger partial charge on any atom is -0.494 e. The second-order valence-corrected chi connectivity index (χ2v) is 5.21. The smallest absolute Gasteiger partial charge is 0.123 e. The summed E-state index contributed by atoms with van der Waals surface area (Å²) in [4.78, 5) is 2.44. The number of hydrogen-bond donors (Lipinski definition) is 1. The molecule has 0 spiro atoms. The monoisotopic (exact) mass is 268 g/mol. The van der Waals surface area contributed by atoms with Gasteiger partial charge in [0.15, 0.2) is 0 Å². The van der Waals surface area contributed by atoms with E-state index in [-0.39, 0.29) is 0 Å². The maximum absolute atomic E-state index is 6.08. The molecule has 0 bridgehead atoms. The molecule has 1 heterocycles. The topological polar surface area (TPSA) is 24.5 Å². The lowest BCUT2D eigenvalue weighted by Gasteiger charge is -2.32. The number of rotatable bonds is 4. The molecule has 18 heavy (non-hydrogen) atoms. The summed E-state index contributed by atoms with van der Waals surface area (Å²) in [6, 6.07) is 6.41. The van der Waals surface area contributed by atoms with Gasteiger partial charge in [-0.2, -0.15) is 0 Å². The van der Waals surface area contributed by atoms with Crippen LogP contribution in [0.5, 0.6) is 5.75 Å². The third kappa shape index (κ3) is 3.61. The van der Waals surface area contributed by atoms with Crippen molar-refractivity contribution < 1.29 is 4.74 Å². The van der Waals surface area contributed by atoms with Gasteiger partial charge in [0, 0.05) is 42.8 Å². The average molecular weight is 269 g/mol. The summed E-state index contributed by atoms with van der Waals surface area (Å²) in [7, 11) is 0. The van der Waals surface area contributed by atoms with E-state index in [0.717, 1.165) is 37.0 Å². The van der Waals surface area contributed by atoms with E-state index in [1.54, 1.807) is 0 Å². The summed E-state index contributed by atoms with van der Waals surface area (Å²) in [5.41, 5.74) is 1.18. The van der Waals surface area contributed by atoms with Gasteiger partial charge in [0.05, 0.1) is 6.61 Å². The van der Waals surface area contributed by atoms with Gasteiger partial charge in [0.2, 0.25) is 0 Å². The zero-order valence-corrected chi connectivity index (χ0v) is 11.8. The van der Waals surface area contributed by atoms with Gasteiger partial charge in [-0.05, 0) is 32.0 Å². The molecule has 0 radical (unpaired) electrons. The van der Waals surface area contributed by atoms with Crippen molar-refractivity contribution in [1.29, 1.82) is 0 Å². The Balaban J connectivity index is 2.08. The molecule has 1 N–H and O–H groups in total. The standard InChI is InChI=1S/C14H21ClN2O/c1-3-18-14-5-4-13(15)8-12(14)10-17-7-6-16-11(2)9-17/h4-5,8,11,16H,3,6-7,9-10H2,1-2H3/t11-/m0/s1. The van der Waals surface area contributed by atoms with Crippen LogP contribution in [-0.4, -0.2) is 37.2 Å². The van der Waals surface area contributed by atoms with Crippen LogP contribution in [0.2, 0.25) is 5.02 Å². The number of benzene rings is 1. The Labute approximate surface area is 114 Å². The summed E-state index contributed by atoms with van der Waals surface area (Å²) < 4.78 is 5.66. The van der Waals surface area contributed by atoms with Crippen LogP contribution in [0.3, 0.4) is 0 Å². The van der Waals surface area contributed by atoms with Crippen LogP contribution in [0, 0.1) is 0 Å². The Morgan fingerprint density at radius 2 is 2.33 bits per heavy atom. The fourth-order valence-corrected chi connectivity index (χ4v) is 2.56. The molecule has 2 rings (SSSR count). The largest absolute Gasteiger partial charge is 0.494 e. The Bertz CT molecular complexity index is 397. The maximum Gasteiger partial charge on any atom is 0.123 e. The van der Waals surface area contributed by atoms with Crippen molar-refractivity contribution in [2.75, 3.05) is 26.2 Å². The highest BCUT2D eigenvalue weighted by molar-refractivity contribution is 6.30. The van der Waals surface area contributed by atoms with Crippen molar-refractivity contribution in [2.45, 2.75) is 26.4 Å². The molecular weight excluding hydrogens is 248 g/mol. The second kappa shape index (κ2) is 6.41. The van der Waals surface area contributed by atoms with E-state index in [0.29, 0.717) is 12.6 Å². The van der Waals surface area contributed by atoms with E-state index in [9.17, 15) is 0 Å². The molecule has 0 aliphatic carbocycles. The van der Waals surface area contributed by atoms with Gasteiger partial charge >= 0.3 is 0 Å². The number of nitrogens with zero attached hydrogens (tertiary/aromatic N) is 1. The molecule has 1 aromatic rings. The van der Waals surface area contributed by atoms with Gasteiger partial charge in [-0.3, -0.25) is 4.90 Å². The first-order chi connectivity index (χ1) is 8.69. The Hall–Kier alpha value is -0.770. The molecule has 0 aromatic heterocycles. The lowest BCUT2D eigenvalue weighted by Crippen LogP contribution is -2.48. The van der Waals surface area contributed by atoms with E-state index in [1.807, 2.05) is 25.1 Å². The second-order valence-electron chi connectivity index (χ2n) is 4.78. The van der Waals surface area contributed by atoms with Crippen LogP contribution in [0.4, 0.5) is 0 Å². The summed E-state index contributed by atoms with van der Waals surface area (Å²) >= 11 is 6.08. The number of ether oxygens (including phenoxy) is 1. The summed E-state index contributed by atoms with van der Waals surface area (Å²) in [6.07, 6.45) is 0. The first-order valence-corrected chi connectivity index (χ1v) is 6.93. The summed E-state index contributed by atoms with van der Waals surface area (Å²) in [5, 5.41) is 4.22. The van der Waals surface area contributed by atoms with Crippen molar-refractivity contribution in [3.63, 3.8) is 0 Å². The third-order valence-electron chi connectivity index (χ3n) is 3.17. The van der Waals surface area contributed by atoms with Gasteiger partial charge in [-0.15, -0.1) is 0 Å². The lowest BCUT2D eigenvalue weighted by atomic mass is 10.1. The predicted octanol–water partition coefficient (Wildman–Crippen LogP) is 2.53. The SMILES string of the molecule is CCOc1ccc(Cl)cc1CN1CCN[C@@H](C)C1. The molecule has 1 aromatic carbocycles. The van der Waals surface area contributed by atoms with Gasteiger partial charge in [0.1, 0.15) is 5.75 Å². The van der Waals surface area contributed by atoms with E-state index in [1.165, 1.54) is 5.56 Å². The van der Waals surface area contributed by atoms with Crippen molar-refractivity contribution in [1.82, 2.24) is 10.2 Å². The number of piperazine rings is 1. The van der Waals surface area contributed by atoms with Gasteiger partial charge < -0.3 is 10.1 Å². The first kappa shape index (κ1) is 13.7. The van der Waals surface area contributed by atoms with Crippen molar-refractivity contribution in [2.24, 2.45) is 0 Å². The number of nitrogens with one attached hydrogen (secondary N) is 1. The molecule has 1 atom stereocenters. The van der Waals surface area contributed by atoms with Crippen LogP contribution in [0.15, 0.2) is 18.2 Å². The van der Waals surface area contributed by atoms with Crippen LogP contribution in [0.25, 0.3) is 0 Å². The number of halogens is 1. The molecule has 1 fully saturated rings. The molecule has 0 amide bonds. The molecule has 3 nitrogen and oxygen atoms in total. The minimum atomic E-state index is 0.550. The van der Waals surface area contributed by atoms with Gasteiger partial charge in [0.25, 0.3) is 0 Å². The van der Waals surface area contributed by atoms with Crippen LogP contribution in [0.1, 0.15) is 19.4 Å². The number of hydrogen-bond acceptors (Lipinski definition) is 3. The van der Waals surface area contributed by atoms with E-state index in [2.05, 4.69) is 17.1 Å². The summed E-state index contributed by atoms with van der Waals surface area (Å²) in [6.45, 7) is 9.00. The van der Waals surface area contributed by atoms with Crippen LogP contribution >= 0.6 is 11.6 Å². The quantitative estimate of drug-likeness (QED) is 0.908. The molecular formula is C14H21ClN2O. The maximum atomic E-state index is 6.08. The zero-order valence-electron chi connectivity index (χ0n) is 11.1. The Kier molecular flexibility index (Phi) is 4.87. The third-order valence-corrected chi connectivity index (χ3v) is 3.40. The molecule has 1 aliphatic rings. The molecule has 1 aliphatic heterocycles. The predicted molar refractivity (Wildman–Crippen MR) is 75.4 cm³/mol. The highest BCUT2D eigenvalue weighted by Crippen LogP contribution is 2.24. The Morgan fingerprint density at radius 1 is 1.50 bits per heavy atom. The molecule has 0 unspecified atom stereocenters. The fourth-order valence-electron chi connectivity index (χ4n) is 2.36. The van der Waals surface area contributed by atoms with Crippen molar-refractivity contribution >= 4 is 11.6 Å². The molecule has 4 heteroatoms. The van der Waals surface area contributed by atoms with E-state index >= 15 is 0 Å². The Morgan fingerprint density at radius 3 is 3.06 bits per heavy atom. The van der Waals surface area contributed by atoms with Crippen molar-refractivity contribution in [3.8, 4) is 5.75 Å². The van der Waals surface area contributed by atoms with Crippen LogP contribution in [-0.2, 0) is 6.54 Å². The van der Waals surface area contributed by atoms with E-state index in [4.69, 9.17) is 16.3 Å². The van der Waals surface area contributed by atoms with Gasteiger partial charge in [-0.25, -0.2) is 0 Å². The van der Waals surface area contributed by atoms with Crippen molar-refractivity contribution in [3.05, 3.63) is 28.8 Å².